The standard InChI is InChI=1S/C14H22N2S/c1-9(2)13-11-6-5-7-17-8-12(11)14(10(3)4)16-15-13/h9-10H,5-8H2,1-4H3. The molecule has 17 heavy (non-hydrogen) atoms. The second-order valence-corrected chi connectivity index (χ2v) is 6.50. The highest BCUT2D eigenvalue weighted by atomic mass is 32.2. The summed E-state index contributed by atoms with van der Waals surface area (Å²) in [5.41, 5.74) is 5.44. The number of thioether (sulfide) groups is 1. The molecule has 2 heterocycles. The summed E-state index contributed by atoms with van der Waals surface area (Å²) >= 11 is 2.04. The number of fused-ring (bicyclic) bond motifs is 1. The Labute approximate surface area is 109 Å². The molecule has 1 aliphatic rings. The highest BCUT2D eigenvalue weighted by molar-refractivity contribution is 7.98. The van der Waals surface area contributed by atoms with Gasteiger partial charge in [-0.3, -0.25) is 0 Å². The van der Waals surface area contributed by atoms with Crippen LogP contribution in [0.4, 0.5) is 0 Å². The van der Waals surface area contributed by atoms with Crippen LogP contribution in [0.25, 0.3) is 0 Å². The van der Waals surface area contributed by atoms with E-state index in [1.54, 1.807) is 0 Å². The minimum atomic E-state index is 0.483. The average molecular weight is 250 g/mol. The van der Waals surface area contributed by atoms with E-state index in [1.165, 1.54) is 41.1 Å². The lowest BCUT2D eigenvalue weighted by Gasteiger charge is -2.18. The smallest absolute Gasteiger partial charge is 0.0699 e. The molecular formula is C14H22N2S. The monoisotopic (exact) mass is 250 g/mol. The van der Waals surface area contributed by atoms with Crippen molar-refractivity contribution in [2.45, 2.75) is 58.1 Å². The Hall–Kier alpha value is -0.570. The van der Waals surface area contributed by atoms with Gasteiger partial charge in [-0.15, -0.1) is 0 Å². The number of nitrogens with zero attached hydrogens (tertiary/aromatic N) is 2. The first-order chi connectivity index (χ1) is 8.11. The number of rotatable bonds is 2. The van der Waals surface area contributed by atoms with Crippen molar-refractivity contribution in [2.75, 3.05) is 5.75 Å². The van der Waals surface area contributed by atoms with Crippen molar-refractivity contribution in [3.05, 3.63) is 22.5 Å². The summed E-state index contributed by atoms with van der Waals surface area (Å²) in [5, 5.41) is 8.99. The van der Waals surface area contributed by atoms with Crippen LogP contribution in [0.3, 0.4) is 0 Å². The molecule has 3 heteroatoms. The minimum Gasteiger partial charge on any atom is -0.157 e. The second-order valence-electron chi connectivity index (χ2n) is 5.39. The fraction of sp³-hybridized carbons (Fsp3) is 0.714. The molecule has 0 saturated carbocycles. The Morgan fingerprint density at radius 3 is 2.12 bits per heavy atom. The Morgan fingerprint density at radius 2 is 1.53 bits per heavy atom. The molecule has 2 rings (SSSR count). The summed E-state index contributed by atoms with van der Waals surface area (Å²) in [6, 6.07) is 0. The van der Waals surface area contributed by atoms with Crippen molar-refractivity contribution in [3.63, 3.8) is 0 Å². The molecule has 0 fully saturated rings. The van der Waals surface area contributed by atoms with Gasteiger partial charge >= 0.3 is 0 Å². The van der Waals surface area contributed by atoms with E-state index < -0.39 is 0 Å². The summed E-state index contributed by atoms with van der Waals surface area (Å²) in [4.78, 5) is 0. The minimum absolute atomic E-state index is 0.483. The third-order valence-corrected chi connectivity index (χ3v) is 4.37. The molecular weight excluding hydrogens is 228 g/mol. The third-order valence-electron chi connectivity index (χ3n) is 3.30. The zero-order chi connectivity index (χ0) is 12.4. The van der Waals surface area contributed by atoms with E-state index in [-0.39, 0.29) is 0 Å². The van der Waals surface area contributed by atoms with Crippen molar-refractivity contribution in [1.29, 1.82) is 0 Å². The van der Waals surface area contributed by atoms with E-state index in [9.17, 15) is 0 Å². The Bertz CT molecular complexity index is 362. The van der Waals surface area contributed by atoms with Gasteiger partial charge in [-0.05, 0) is 41.6 Å². The molecule has 0 N–H and O–H groups in total. The molecule has 94 valence electrons. The van der Waals surface area contributed by atoms with Gasteiger partial charge < -0.3 is 0 Å². The Kier molecular flexibility index (Phi) is 4.08. The maximum Gasteiger partial charge on any atom is 0.0699 e. The van der Waals surface area contributed by atoms with Crippen molar-refractivity contribution in [3.8, 4) is 0 Å². The van der Waals surface area contributed by atoms with Crippen LogP contribution in [0.15, 0.2) is 0 Å². The molecule has 0 radical (unpaired) electrons. The molecule has 0 aromatic carbocycles. The lowest BCUT2D eigenvalue weighted by atomic mass is 9.93. The van der Waals surface area contributed by atoms with Gasteiger partial charge in [0.2, 0.25) is 0 Å². The molecule has 1 aromatic rings. The fourth-order valence-electron chi connectivity index (χ4n) is 2.43. The fourth-order valence-corrected chi connectivity index (χ4v) is 3.45. The number of aromatic nitrogens is 2. The van der Waals surface area contributed by atoms with Crippen molar-refractivity contribution in [2.24, 2.45) is 0 Å². The number of hydrogen-bond donors (Lipinski definition) is 0. The van der Waals surface area contributed by atoms with Crippen molar-refractivity contribution >= 4 is 11.8 Å². The van der Waals surface area contributed by atoms with E-state index in [0.717, 1.165) is 5.75 Å². The Balaban J connectivity index is 2.54. The van der Waals surface area contributed by atoms with Crippen LogP contribution in [-0.2, 0) is 12.2 Å². The van der Waals surface area contributed by atoms with E-state index in [2.05, 4.69) is 37.9 Å². The molecule has 0 atom stereocenters. The first-order valence-corrected chi connectivity index (χ1v) is 7.72. The van der Waals surface area contributed by atoms with Gasteiger partial charge in [-0.2, -0.15) is 22.0 Å². The maximum atomic E-state index is 4.50. The summed E-state index contributed by atoms with van der Waals surface area (Å²) in [6.07, 6.45) is 2.46. The van der Waals surface area contributed by atoms with Gasteiger partial charge in [0.25, 0.3) is 0 Å². The summed E-state index contributed by atoms with van der Waals surface area (Å²) < 4.78 is 0. The van der Waals surface area contributed by atoms with E-state index in [1.807, 2.05) is 11.8 Å². The van der Waals surface area contributed by atoms with E-state index >= 15 is 0 Å². The summed E-state index contributed by atoms with van der Waals surface area (Å²) in [5.74, 6) is 3.36. The first kappa shape index (κ1) is 12.9. The second kappa shape index (κ2) is 5.38. The summed E-state index contributed by atoms with van der Waals surface area (Å²) in [7, 11) is 0. The van der Waals surface area contributed by atoms with E-state index in [4.69, 9.17) is 0 Å². The van der Waals surface area contributed by atoms with Gasteiger partial charge in [0, 0.05) is 5.75 Å². The predicted octanol–water partition coefficient (Wildman–Crippen LogP) is 3.90. The van der Waals surface area contributed by atoms with Crippen LogP contribution in [0.2, 0.25) is 0 Å². The maximum absolute atomic E-state index is 4.50. The van der Waals surface area contributed by atoms with E-state index in [0.29, 0.717) is 11.8 Å². The highest BCUT2D eigenvalue weighted by Gasteiger charge is 2.21. The lowest BCUT2D eigenvalue weighted by molar-refractivity contribution is 0.700. The molecule has 0 amide bonds. The van der Waals surface area contributed by atoms with Gasteiger partial charge in [-0.25, -0.2) is 0 Å². The molecule has 0 saturated heterocycles. The van der Waals surface area contributed by atoms with Crippen LogP contribution in [0.1, 0.15) is 68.5 Å². The zero-order valence-electron chi connectivity index (χ0n) is 11.3. The molecule has 0 spiro atoms. The van der Waals surface area contributed by atoms with Crippen LogP contribution < -0.4 is 0 Å². The molecule has 0 unspecified atom stereocenters. The quantitative estimate of drug-likeness (QED) is 0.796. The zero-order valence-corrected chi connectivity index (χ0v) is 12.1. The Morgan fingerprint density at radius 1 is 0.941 bits per heavy atom. The highest BCUT2D eigenvalue weighted by Crippen LogP contribution is 2.32. The lowest BCUT2D eigenvalue weighted by Crippen LogP contribution is -2.11. The molecule has 1 aliphatic heterocycles. The topological polar surface area (TPSA) is 25.8 Å². The third kappa shape index (κ3) is 2.65. The first-order valence-electron chi connectivity index (χ1n) is 6.57. The average Bonchev–Trinajstić information content (AvgIpc) is 2.52. The van der Waals surface area contributed by atoms with Crippen molar-refractivity contribution in [1.82, 2.24) is 10.2 Å². The summed E-state index contributed by atoms with van der Waals surface area (Å²) in [6.45, 7) is 8.87. The van der Waals surface area contributed by atoms with Gasteiger partial charge in [-0.1, -0.05) is 27.7 Å². The SMILES string of the molecule is CC(C)c1nnc(C(C)C)c2c1CCCSC2. The normalized spacial score (nSPS) is 16.1. The largest absolute Gasteiger partial charge is 0.157 e. The van der Waals surface area contributed by atoms with Crippen LogP contribution >= 0.6 is 11.8 Å². The van der Waals surface area contributed by atoms with Gasteiger partial charge in [0.15, 0.2) is 0 Å². The number of hydrogen-bond acceptors (Lipinski definition) is 3. The molecule has 2 nitrogen and oxygen atoms in total. The molecule has 0 bridgehead atoms. The molecule has 1 aromatic heterocycles. The van der Waals surface area contributed by atoms with Crippen molar-refractivity contribution < 1.29 is 0 Å². The van der Waals surface area contributed by atoms with Crippen LogP contribution in [-0.4, -0.2) is 16.0 Å². The van der Waals surface area contributed by atoms with Gasteiger partial charge in [0.05, 0.1) is 11.4 Å². The van der Waals surface area contributed by atoms with Crippen LogP contribution in [0.5, 0.6) is 0 Å². The predicted molar refractivity (Wildman–Crippen MR) is 74.7 cm³/mol. The van der Waals surface area contributed by atoms with Crippen LogP contribution in [0, 0.1) is 0 Å². The van der Waals surface area contributed by atoms with Gasteiger partial charge in [0.1, 0.15) is 0 Å². The molecule has 0 aliphatic carbocycles.